The molecule has 4 heteroatoms. The molecule has 0 unspecified atom stereocenters. The number of ether oxygens (including phenoxy) is 2. The van der Waals surface area contributed by atoms with Crippen LogP contribution in [-0.2, 0) is 9.47 Å². The molecule has 0 heterocycles. The number of hydrogen-bond acceptors (Lipinski definition) is 3. The van der Waals surface area contributed by atoms with Crippen LogP contribution in [0.5, 0.6) is 0 Å². The van der Waals surface area contributed by atoms with E-state index in [4.69, 9.17) is 11.8 Å². The van der Waals surface area contributed by atoms with Gasteiger partial charge < -0.3 is 9.47 Å². The molecule has 0 radical (unpaired) electrons. The van der Waals surface area contributed by atoms with E-state index in [1.54, 1.807) is 6.07 Å². The zero-order valence-corrected chi connectivity index (χ0v) is 5.71. The maximum Gasteiger partial charge on any atom is 0.339 e. The molecular weight excluding hydrogens is 132 g/mol. The molecular formula is C6H6N2O2. The smallest absolute Gasteiger partial charge is 0.339 e. The third kappa shape index (κ3) is 1.68. The fourth-order valence-electron chi connectivity index (χ4n) is 0.393. The topological polar surface area (TPSA) is 46.6 Å². The quantitative estimate of drug-likeness (QED) is 0.323. The third-order valence-corrected chi connectivity index (χ3v) is 0.782. The molecule has 0 spiro atoms. The van der Waals surface area contributed by atoms with Crippen molar-refractivity contribution in [2.75, 3.05) is 14.2 Å². The first-order valence-electron chi connectivity index (χ1n) is 2.40. The van der Waals surface area contributed by atoms with Gasteiger partial charge in [-0.25, -0.2) is 10.1 Å². The van der Waals surface area contributed by atoms with Crippen LogP contribution in [0.3, 0.4) is 0 Å². The average molecular weight is 138 g/mol. The molecule has 4 nitrogen and oxygen atoms in total. The molecule has 0 saturated carbocycles. The van der Waals surface area contributed by atoms with E-state index in [1.807, 2.05) is 0 Å². The number of nitrogens with zero attached hydrogens (tertiary/aromatic N) is 2. The van der Waals surface area contributed by atoms with Gasteiger partial charge >= 0.3 is 5.70 Å². The molecule has 0 atom stereocenters. The summed E-state index contributed by atoms with van der Waals surface area (Å²) in [6.45, 7) is 6.48. The van der Waals surface area contributed by atoms with Gasteiger partial charge in [-0.15, -0.1) is 0 Å². The molecule has 0 aromatic rings. The minimum atomic E-state index is -0.176. The van der Waals surface area contributed by atoms with Crippen molar-refractivity contribution in [1.82, 2.24) is 0 Å². The lowest BCUT2D eigenvalue weighted by molar-refractivity contribution is 0.0933. The number of methoxy groups -OCH3 is 2. The zero-order valence-electron chi connectivity index (χ0n) is 5.71. The van der Waals surface area contributed by atoms with Crippen LogP contribution in [0.2, 0.25) is 0 Å². The van der Waals surface area contributed by atoms with Crippen molar-refractivity contribution in [3.8, 4) is 6.07 Å². The summed E-state index contributed by atoms with van der Waals surface area (Å²) in [6, 6.07) is 1.63. The second-order valence-corrected chi connectivity index (χ2v) is 1.27. The van der Waals surface area contributed by atoms with Crippen molar-refractivity contribution in [3.63, 3.8) is 0 Å². The fourth-order valence-corrected chi connectivity index (χ4v) is 0.393. The van der Waals surface area contributed by atoms with E-state index in [0.29, 0.717) is 0 Å². The Bertz CT molecular complexity index is 197. The van der Waals surface area contributed by atoms with Crippen LogP contribution < -0.4 is 0 Å². The maximum absolute atomic E-state index is 8.28. The summed E-state index contributed by atoms with van der Waals surface area (Å²) < 4.78 is 9.13. The summed E-state index contributed by atoms with van der Waals surface area (Å²) in [5.41, 5.74) is -0.176. The van der Waals surface area contributed by atoms with E-state index in [1.165, 1.54) is 14.2 Å². The normalized spacial score (nSPS) is 6.80. The predicted molar refractivity (Wildman–Crippen MR) is 33.3 cm³/mol. The van der Waals surface area contributed by atoms with Gasteiger partial charge in [0.2, 0.25) is 0 Å². The highest BCUT2D eigenvalue weighted by Crippen LogP contribution is 2.05. The summed E-state index contributed by atoms with van der Waals surface area (Å²) in [4.78, 5) is 2.87. The summed E-state index contributed by atoms with van der Waals surface area (Å²) in [7, 11) is 2.67. The monoisotopic (exact) mass is 138 g/mol. The molecule has 0 N–H and O–H groups in total. The van der Waals surface area contributed by atoms with Crippen molar-refractivity contribution in [2.45, 2.75) is 0 Å². The van der Waals surface area contributed by atoms with Gasteiger partial charge in [0.05, 0.1) is 26.9 Å². The first-order chi connectivity index (χ1) is 4.79. The molecule has 0 aromatic heterocycles. The van der Waals surface area contributed by atoms with E-state index >= 15 is 0 Å². The highest BCUT2D eigenvalue weighted by atomic mass is 16.7. The molecule has 0 aliphatic heterocycles. The lowest BCUT2D eigenvalue weighted by atomic mass is 10.5. The fraction of sp³-hybridized carbons (Fsp3) is 0.333. The van der Waals surface area contributed by atoms with Crippen molar-refractivity contribution in [3.05, 3.63) is 23.1 Å². The SMILES string of the molecule is [C-]#[N+]C(C#N)=C(OC)OC. The first kappa shape index (κ1) is 8.32. The molecule has 52 valence electrons. The van der Waals surface area contributed by atoms with Crippen molar-refractivity contribution >= 4 is 0 Å². The van der Waals surface area contributed by atoms with Crippen LogP contribution in [0.25, 0.3) is 4.85 Å². The minimum Gasteiger partial charge on any atom is -0.477 e. The number of nitriles is 1. The Hall–Kier alpha value is -1.68. The number of hydrogen-bond donors (Lipinski definition) is 0. The van der Waals surface area contributed by atoms with Gasteiger partial charge in [-0.2, -0.15) is 0 Å². The predicted octanol–water partition coefficient (Wildman–Crippen LogP) is 0.891. The second kappa shape index (κ2) is 4.22. The molecule has 0 saturated heterocycles. The van der Waals surface area contributed by atoms with E-state index in [2.05, 4.69) is 14.3 Å². The van der Waals surface area contributed by atoms with Crippen LogP contribution in [0.4, 0.5) is 0 Å². The van der Waals surface area contributed by atoms with Crippen molar-refractivity contribution in [1.29, 1.82) is 5.26 Å². The minimum absolute atomic E-state index is 0.0440. The van der Waals surface area contributed by atoms with Gasteiger partial charge in [0, 0.05) is 0 Å². The zero-order chi connectivity index (χ0) is 7.98. The van der Waals surface area contributed by atoms with Crippen LogP contribution in [0.15, 0.2) is 11.6 Å². The van der Waals surface area contributed by atoms with Crippen molar-refractivity contribution < 1.29 is 9.47 Å². The maximum atomic E-state index is 8.28. The lowest BCUT2D eigenvalue weighted by Crippen LogP contribution is -1.92. The summed E-state index contributed by atoms with van der Waals surface area (Å²) in [5, 5.41) is 8.28. The Morgan fingerprint density at radius 2 is 2.00 bits per heavy atom. The van der Waals surface area contributed by atoms with E-state index in [-0.39, 0.29) is 11.6 Å². The molecule has 0 amide bonds. The molecule has 0 fully saturated rings. The molecule has 0 bridgehead atoms. The van der Waals surface area contributed by atoms with Gasteiger partial charge in [-0.3, -0.25) is 0 Å². The summed E-state index contributed by atoms with van der Waals surface area (Å²) in [5.74, 6) is -0.0440. The van der Waals surface area contributed by atoms with E-state index in [9.17, 15) is 0 Å². The Kier molecular flexibility index (Phi) is 3.51. The lowest BCUT2D eigenvalue weighted by Gasteiger charge is -2.01. The Balaban J connectivity index is 4.62. The Morgan fingerprint density at radius 1 is 1.50 bits per heavy atom. The van der Waals surface area contributed by atoms with Gasteiger partial charge in [0.1, 0.15) is 0 Å². The average Bonchev–Trinajstić information content (AvgIpc) is 2.00. The van der Waals surface area contributed by atoms with E-state index < -0.39 is 0 Å². The van der Waals surface area contributed by atoms with Crippen LogP contribution in [-0.4, -0.2) is 14.2 Å². The van der Waals surface area contributed by atoms with Gasteiger partial charge in [-0.1, -0.05) is 0 Å². The highest BCUT2D eigenvalue weighted by molar-refractivity contribution is 5.27. The third-order valence-electron chi connectivity index (χ3n) is 0.782. The second-order valence-electron chi connectivity index (χ2n) is 1.27. The molecule has 0 aliphatic carbocycles. The largest absolute Gasteiger partial charge is 0.477 e. The molecule has 0 aliphatic rings. The Morgan fingerprint density at radius 3 is 2.10 bits per heavy atom. The molecule has 10 heavy (non-hydrogen) atoms. The number of rotatable bonds is 2. The van der Waals surface area contributed by atoms with Crippen LogP contribution >= 0.6 is 0 Å². The molecule has 0 aromatic carbocycles. The summed E-state index contributed by atoms with van der Waals surface area (Å²) >= 11 is 0. The van der Waals surface area contributed by atoms with E-state index in [0.717, 1.165) is 0 Å². The van der Waals surface area contributed by atoms with Gasteiger partial charge in [-0.05, 0) is 0 Å². The Labute approximate surface area is 59.1 Å². The first-order valence-corrected chi connectivity index (χ1v) is 2.40. The summed E-state index contributed by atoms with van der Waals surface area (Å²) in [6.07, 6.45) is 0. The van der Waals surface area contributed by atoms with Gasteiger partial charge in [0.25, 0.3) is 5.95 Å². The standard InChI is InChI=1S/C6H6N2O2/c1-8-5(4-7)6(9-2)10-3/h2-3H3. The number of allylic oxidation sites excluding steroid dienone is 1. The van der Waals surface area contributed by atoms with Gasteiger partial charge in [0.15, 0.2) is 0 Å². The van der Waals surface area contributed by atoms with Crippen LogP contribution in [0, 0.1) is 17.9 Å². The molecule has 0 rings (SSSR count). The van der Waals surface area contributed by atoms with Crippen molar-refractivity contribution in [2.24, 2.45) is 0 Å². The highest BCUT2D eigenvalue weighted by Gasteiger charge is 2.04. The van der Waals surface area contributed by atoms with Crippen LogP contribution in [0.1, 0.15) is 0 Å².